The Bertz CT molecular complexity index is 2780. The number of benzene rings is 5. The van der Waals surface area contributed by atoms with E-state index in [0.29, 0.717) is 16.7 Å². The zero-order valence-electron chi connectivity index (χ0n) is 27.2. The van der Waals surface area contributed by atoms with Gasteiger partial charge in [0.2, 0.25) is 0 Å². The van der Waals surface area contributed by atoms with Crippen LogP contribution in [0, 0.1) is 34.0 Å². The Balaban J connectivity index is 1.13. The van der Waals surface area contributed by atoms with Gasteiger partial charge in [-0.25, -0.2) is 0 Å². The van der Waals surface area contributed by atoms with Crippen molar-refractivity contribution in [3.63, 3.8) is 0 Å². The van der Waals surface area contributed by atoms with Gasteiger partial charge in [0.05, 0.1) is 51.4 Å². The summed E-state index contributed by atoms with van der Waals surface area (Å²) in [7, 11) is 0. The van der Waals surface area contributed by atoms with Crippen molar-refractivity contribution in [1.82, 2.24) is 9.13 Å². The number of fused-ring (bicyclic) bond motifs is 6. The van der Waals surface area contributed by atoms with Crippen molar-refractivity contribution < 1.29 is 0 Å². The number of hydrogen-bond acceptors (Lipinski definition) is 3. The molecule has 0 amide bonds. The SMILES string of the molecule is N#Cc1ccc2c(c1)c1c(n2C2=C(c3ccc(-c4ccc(-n5c6ccccc6c6cc(C#N)ccc65)cc4C#N)cc3)C=CCC2)CCC=C1. The molecule has 0 fully saturated rings. The average molecular weight is 640 g/mol. The molecule has 2 aliphatic rings. The Kier molecular flexibility index (Phi) is 6.84. The van der Waals surface area contributed by atoms with E-state index in [-0.39, 0.29) is 0 Å². The number of nitriles is 3. The molecule has 7 aromatic rings. The summed E-state index contributed by atoms with van der Waals surface area (Å²) in [6, 6.07) is 41.7. The van der Waals surface area contributed by atoms with Gasteiger partial charge in [0, 0.05) is 44.4 Å². The lowest BCUT2D eigenvalue weighted by Crippen LogP contribution is -2.08. The van der Waals surface area contributed by atoms with Gasteiger partial charge < -0.3 is 9.13 Å². The van der Waals surface area contributed by atoms with Gasteiger partial charge in [-0.3, -0.25) is 0 Å². The standard InChI is InChI=1S/C45H29N5/c46-26-29-13-21-44-39(23-29)37-8-2-5-11-42(37)49(44)34-19-20-35(33(25-34)28-48)31-15-17-32(18-16-31)36-7-1-4-10-41(36)50-43-12-6-3-9-38(43)40-24-30(27-47)14-22-45(40)50/h1-3,5,7-9,11,13-25H,4,6,10,12H2. The molecule has 2 aromatic heterocycles. The minimum absolute atomic E-state index is 0.600. The summed E-state index contributed by atoms with van der Waals surface area (Å²) in [5, 5.41) is 32.7. The van der Waals surface area contributed by atoms with Gasteiger partial charge in [-0.1, -0.05) is 72.8 Å². The van der Waals surface area contributed by atoms with Crippen LogP contribution in [-0.2, 0) is 6.42 Å². The Morgan fingerprint density at radius 1 is 0.540 bits per heavy atom. The first-order valence-electron chi connectivity index (χ1n) is 16.9. The Hall–Kier alpha value is -6.87. The van der Waals surface area contributed by atoms with Crippen LogP contribution in [-0.4, -0.2) is 9.13 Å². The number of rotatable bonds is 4. The first-order chi connectivity index (χ1) is 24.7. The van der Waals surface area contributed by atoms with Gasteiger partial charge in [0.1, 0.15) is 0 Å². The van der Waals surface area contributed by atoms with Crippen molar-refractivity contribution in [3.8, 4) is 35.0 Å². The van der Waals surface area contributed by atoms with Crippen molar-refractivity contribution in [2.45, 2.75) is 25.7 Å². The molecule has 0 aliphatic heterocycles. The van der Waals surface area contributed by atoms with Crippen molar-refractivity contribution in [1.29, 1.82) is 15.8 Å². The monoisotopic (exact) mass is 639 g/mol. The van der Waals surface area contributed by atoms with Crippen molar-refractivity contribution in [3.05, 3.63) is 155 Å². The number of allylic oxidation sites excluding steroid dienone is 5. The number of para-hydroxylation sites is 1. The molecule has 0 N–H and O–H groups in total. The smallest absolute Gasteiger partial charge is 0.0998 e. The largest absolute Gasteiger partial charge is 0.316 e. The molecule has 9 rings (SSSR count). The van der Waals surface area contributed by atoms with Crippen LogP contribution >= 0.6 is 0 Å². The molecule has 0 spiro atoms. The topological polar surface area (TPSA) is 81.2 Å². The maximum Gasteiger partial charge on any atom is 0.0998 e. The van der Waals surface area contributed by atoms with E-state index < -0.39 is 0 Å². The molecule has 0 bridgehead atoms. The average Bonchev–Trinajstić information content (AvgIpc) is 3.69. The molecule has 50 heavy (non-hydrogen) atoms. The summed E-state index contributed by atoms with van der Waals surface area (Å²) in [5.41, 5.74) is 14.0. The minimum Gasteiger partial charge on any atom is -0.316 e. The molecule has 2 heterocycles. The summed E-state index contributed by atoms with van der Waals surface area (Å²) >= 11 is 0. The van der Waals surface area contributed by atoms with Crippen LogP contribution in [0.15, 0.2) is 121 Å². The van der Waals surface area contributed by atoms with E-state index >= 15 is 0 Å². The van der Waals surface area contributed by atoms with Crippen molar-refractivity contribution in [2.75, 3.05) is 0 Å². The number of nitrogens with zero attached hydrogens (tertiary/aromatic N) is 5. The van der Waals surface area contributed by atoms with E-state index in [0.717, 1.165) is 80.8 Å². The van der Waals surface area contributed by atoms with Crippen LogP contribution in [0.3, 0.4) is 0 Å². The first kappa shape index (κ1) is 29.3. The lowest BCUT2D eigenvalue weighted by molar-refractivity contribution is 0.865. The third-order valence-electron chi connectivity index (χ3n) is 10.2. The third-order valence-corrected chi connectivity index (χ3v) is 10.2. The summed E-state index contributed by atoms with van der Waals surface area (Å²) in [5.74, 6) is 0. The summed E-state index contributed by atoms with van der Waals surface area (Å²) in [6.07, 6.45) is 12.8. The molecule has 2 aliphatic carbocycles. The predicted molar refractivity (Wildman–Crippen MR) is 201 cm³/mol. The molecular weight excluding hydrogens is 611 g/mol. The van der Waals surface area contributed by atoms with E-state index in [9.17, 15) is 15.8 Å². The number of hydrogen-bond donors (Lipinski definition) is 0. The van der Waals surface area contributed by atoms with Crippen LogP contribution < -0.4 is 0 Å². The van der Waals surface area contributed by atoms with E-state index in [4.69, 9.17) is 0 Å². The second kappa shape index (κ2) is 11.7. The molecule has 5 nitrogen and oxygen atoms in total. The summed E-state index contributed by atoms with van der Waals surface area (Å²) in [4.78, 5) is 0. The fraction of sp³-hybridized carbons (Fsp3) is 0.0889. The lowest BCUT2D eigenvalue weighted by atomic mass is 9.93. The third kappa shape index (κ3) is 4.51. The van der Waals surface area contributed by atoms with Gasteiger partial charge in [0.25, 0.3) is 0 Å². The van der Waals surface area contributed by atoms with E-state index in [1.807, 2.05) is 54.6 Å². The van der Waals surface area contributed by atoms with Gasteiger partial charge in [-0.15, -0.1) is 0 Å². The lowest BCUT2D eigenvalue weighted by Gasteiger charge is -2.22. The molecular formula is C45H29N5. The van der Waals surface area contributed by atoms with Crippen LogP contribution in [0.4, 0.5) is 0 Å². The van der Waals surface area contributed by atoms with Gasteiger partial charge in [-0.2, -0.15) is 15.8 Å². The van der Waals surface area contributed by atoms with Gasteiger partial charge in [0.15, 0.2) is 0 Å². The maximum atomic E-state index is 10.4. The Morgan fingerprint density at radius 2 is 1.22 bits per heavy atom. The quantitative estimate of drug-likeness (QED) is 0.192. The summed E-state index contributed by atoms with van der Waals surface area (Å²) < 4.78 is 4.62. The van der Waals surface area contributed by atoms with E-state index in [1.165, 1.54) is 22.5 Å². The highest BCUT2D eigenvalue weighted by molar-refractivity contribution is 6.09. The molecule has 0 unspecified atom stereocenters. The highest BCUT2D eigenvalue weighted by Gasteiger charge is 2.23. The molecule has 234 valence electrons. The second-order valence-corrected chi connectivity index (χ2v) is 12.9. The van der Waals surface area contributed by atoms with Gasteiger partial charge >= 0.3 is 0 Å². The van der Waals surface area contributed by atoms with Crippen LogP contribution in [0.5, 0.6) is 0 Å². The fourth-order valence-electron chi connectivity index (χ4n) is 7.91. The molecule has 0 atom stereocenters. The molecule has 0 radical (unpaired) electrons. The van der Waals surface area contributed by atoms with E-state index in [1.54, 1.807) is 0 Å². The highest BCUT2D eigenvalue weighted by Crippen LogP contribution is 2.40. The highest BCUT2D eigenvalue weighted by atomic mass is 15.0. The van der Waals surface area contributed by atoms with Crippen molar-refractivity contribution in [2.24, 2.45) is 0 Å². The Morgan fingerprint density at radius 3 is 2.00 bits per heavy atom. The number of aromatic nitrogens is 2. The summed E-state index contributed by atoms with van der Waals surface area (Å²) in [6.45, 7) is 0. The van der Waals surface area contributed by atoms with Gasteiger partial charge in [-0.05, 0) is 97.0 Å². The molecule has 5 aromatic carbocycles. The van der Waals surface area contributed by atoms with Crippen LogP contribution in [0.25, 0.3) is 66.9 Å². The fourth-order valence-corrected chi connectivity index (χ4v) is 7.91. The van der Waals surface area contributed by atoms with Crippen molar-refractivity contribution >= 4 is 50.1 Å². The van der Waals surface area contributed by atoms with Crippen LogP contribution in [0.2, 0.25) is 0 Å². The molecule has 0 saturated carbocycles. The normalized spacial score (nSPS) is 13.8. The van der Waals surface area contributed by atoms with E-state index in [2.05, 4.69) is 100 Å². The zero-order chi connectivity index (χ0) is 33.8. The zero-order valence-corrected chi connectivity index (χ0v) is 27.2. The van der Waals surface area contributed by atoms with Crippen LogP contribution in [0.1, 0.15) is 52.8 Å². The maximum absolute atomic E-state index is 10.4. The minimum atomic E-state index is 0.600. The predicted octanol–water partition coefficient (Wildman–Crippen LogP) is 10.7. The molecule has 0 saturated heterocycles. The Labute approximate surface area is 289 Å². The first-order valence-corrected chi connectivity index (χ1v) is 16.9. The molecule has 5 heteroatoms. The second-order valence-electron chi connectivity index (χ2n) is 12.9.